The molecule has 0 aliphatic rings. The SMILES string of the molecule is C=CC(OC(=O)C(=C)C)c1ccccc1. The second-order valence-corrected chi connectivity index (χ2v) is 3.25. The zero-order chi connectivity index (χ0) is 11.3. The van der Waals surface area contributed by atoms with Crippen molar-refractivity contribution in [1.29, 1.82) is 0 Å². The van der Waals surface area contributed by atoms with E-state index in [9.17, 15) is 4.79 Å². The van der Waals surface area contributed by atoms with E-state index in [2.05, 4.69) is 13.2 Å². The number of carbonyl (C=O) groups excluding carboxylic acids is 1. The molecular weight excluding hydrogens is 188 g/mol. The molecule has 0 radical (unpaired) electrons. The summed E-state index contributed by atoms with van der Waals surface area (Å²) in [7, 11) is 0. The molecule has 2 heteroatoms. The molecular formula is C13H14O2. The lowest BCUT2D eigenvalue weighted by Crippen LogP contribution is -2.09. The fourth-order valence-electron chi connectivity index (χ4n) is 1.11. The molecule has 0 spiro atoms. The summed E-state index contributed by atoms with van der Waals surface area (Å²) in [6.45, 7) is 8.79. The molecule has 0 saturated heterocycles. The zero-order valence-electron chi connectivity index (χ0n) is 8.77. The van der Waals surface area contributed by atoms with Crippen LogP contribution in [0.2, 0.25) is 0 Å². The minimum absolute atomic E-state index is 0.387. The van der Waals surface area contributed by atoms with Gasteiger partial charge in [-0.25, -0.2) is 4.79 Å². The fourth-order valence-corrected chi connectivity index (χ4v) is 1.11. The van der Waals surface area contributed by atoms with Gasteiger partial charge >= 0.3 is 5.97 Å². The average Bonchev–Trinajstić information content (AvgIpc) is 2.26. The molecule has 1 aromatic rings. The number of benzene rings is 1. The molecule has 2 nitrogen and oxygen atoms in total. The van der Waals surface area contributed by atoms with E-state index in [1.165, 1.54) is 0 Å². The molecule has 1 unspecified atom stereocenters. The van der Waals surface area contributed by atoms with Crippen LogP contribution in [-0.4, -0.2) is 5.97 Å². The third-order valence-corrected chi connectivity index (χ3v) is 1.92. The van der Waals surface area contributed by atoms with Gasteiger partial charge in [-0.3, -0.25) is 0 Å². The number of rotatable bonds is 4. The minimum Gasteiger partial charge on any atom is -0.450 e. The van der Waals surface area contributed by atoms with Crippen molar-refractivity contribution in [2.24, 2.45) is 0 Å². The van der Waals surface area contributed by atoms with E-state index in [-0.39, 0.29) is 0 Å². The lowest BCUT2D eigenvalue weighted by molar-refractivity contribution is -0.142. The van der Waals surface area contributed by atoms with Gasteiger partial charge in [0.2, 0.25) is 0 Å². The van der Waals surface area contributed by atoms with Crippen LogP contribution >= 0.6 is 0 Å². The lowest BCUT2D eigenvalue weighted by Gasteiger charge is -2.14. The highest BCUT2D eigenvalue weighted by atomic mass is 16.5. The summed E-state index contributed by atoms with van der Waals surface area (Å²) in [5, 5.41) is 0. The Morgan fingerprint density at radius 1 is 1.40 bits per heavy atom. The maximum Gasteiger partial charge on any atom is 0.334 e. The highest BCUT2D eigenvalue weighted by molar-refractivity contribution is 5.87. The summed E-state index contributed by atoms with van der Waals surface area (Å²) in [5.41, 5.74) is 1.29. The summed E-state index contributed by atoms with van der Waals surface area (Å²) >= 11 is 0. The van der Waals surface area contributed by atoms with Crippen LogP contribution < -0.4 is 0 Å². The minimum atomic E-state index is -0.407. The number of carbonyl (C=O) groups is 1. The van der Waals surface area contributed by atoms with Gasteiger partial charge in [0, 0.05) is 5.57 Å². The summed E-state index contributed by atoms with van der Waals surface area (Å²) in [6.07, 6.45) is 1.19. The van der Waals surface area contributed by atoms with Crippen molar-refractivity contribution < 1.29 is 9.53 Å². The average molecular weight is 202 g/mol. The van der Waals surface area contributed by atoms with Crippen molar-refractivity contribution in [2.45, 2.75) is 13.0 Å². The van der Waals surface area contributed by atoms with E-state index in [1.54, 1.807) is 13.0 Å². The summed E-state index contributed by atoms with van der Waals surface area (Å²) in [6, 6.07) is 9.46. The predicted molar refractivity (Wildman–Crippen MR) is 60.3 cm³/mol. The topological polar surface area (TPSA) is 26.3 Å². The molecule has 0 amide bonds. The molecule has 1 aromatic carbocycles. The van der Waals surface area contributed by atoms with Crippen molar-refractivity contribution in [3.8, 4) is 0 Å². The van der Waals surface area contributed by atoms with Gasteiger partial charge in [0.1, 0.15) is 6.10 Å². The van der Waals surface area contributed by atoms with Gasteiger partial charge in [-0.1, -0.05) is 43.5 Å². The van der Waals surface area contributed by atoms with Crippen molar-refractivity contribution in [2.75, 3.05) is 0 Å². The summed E-state index contributed by atoms with van der Waals surface area (Å²) in [5.74, 6) is -0.399. The van der Waals surface area contributed by atoms with Gasteiger partial charge < -0.3 is 4.74 Å². The van der Waals surface area contributed by atoms with Crippen molar-refractivity contribution in [1.82, 2.24) is 0 Å². The Morgan fingerprint density at radius 3 is 2.47 bits per heavy atom. The van der Waals surface area contributed by atoms with E-state index >= 15 is 0 Å². The Morgan fingerprint density at radius 2 is 2.00 bits per heavy atom. The molecule has 0 aliphatic carbocycles. The molecule has 0 saturated carbocycles. The molecule has 1 atom stereocenters. The van der Waals surface area contributed by atoms with Gasteiger partial charge in [0.25, 0.3) is 0 Å². The molecule has 0 heterocycles. The Kier molecular flexibility index (Phi) is 3.86. The fraction of sp³-hybridized carbons (Fsp3) is 0.154. The van der Waals surface area contributed by atoms with Gasteiger partial charge in [-0.15, -0.1) is 0 Å². The molecule has 0 N–H and O–H groups in total. The monoisotopic (exact) mass is 202 g/mol. The number of hydrogen-bond donors (Lipinski definition) is 0. The normalized spacial score (nSPS) is 11.5. The van der Waals surface area contributed by atoms with Gasteiger partial charge in [0.05, 0.1) is 0 Å². The largest absolute Gasteiger partial charge is 0.450 e. The molecule has 0 aliphatic heterocycles. The first-order valence-electron chi connectivity index (χ1n) is 4.69. The number of esters is 1. The zero-order valence-corrected chi connectivity index (χ0v) is 8.77. The van der Waals surface area contributed by atoms with Gasteiger partial charge in [-0.05, 0) is 18.6 Å². The predicted octanol–water partition coefficient (Wildman–Crippen LogP) is 3.03. The third-order valence-electron chi connectivity index (χ3n) is 1.92. The molecule has 0 fully saturated rings. The van der Waals surface area contributed by atoms with Crippen LogP contribution in [-0.2, 0) is 9.53 Å². The second kappa shape index (κ2) is 5.15. The standard InChI is InChI=1S/C13H14O2/c1-4-12(15-13(14)10(2)3)11-8-6-5-7-9-11/h4-9,12H,1-2H2,3H3. The smallest absolute Gasteiger partial charge is 0.334 e. The first-order valence-corrected chi connectivity index (χ1v) is 4.69. The van der Waals surface area contributed by atoms with Gasteiger partial charge in [-0.2, -0.15) is 0 Å². The maximum absolute atomic E-state index is 11.3. The van der Waals surface area contributed by atoms with Crippen LogP contribution in [0.3, 0.4) is 0 Å². The van der Waals surface area contributed by atoms with E-state index in [1.807, 2.05) is 30.3 Å². The Hall–Kier alpha value is -1.83. The van der Waals surface area contributed by atoms with Gasteiger partial charge in [0.15, 0.2) is 0 Å². The highest BCUT2D eigenvalue weighted by Crippen LogP contribution is 2.19. The number of hydrogen-bond acceptors (Lipinski definition) is 2. The highest BCUT2D eigenvalue weighted by Gasteiger charge is 2.12. The van der Waals surface area contributed by atoms with Crippen LogP contribution in [0.5, 0.6) is 0 Å². The summed E-state index contributed by atoms with van der Waals surface area (Å²) < 4.78 is 5.19. The maximum atomic E-state index is 11.3. The third kappa shape index (κ3) is 3.09. The molecule has 78 valence electrons. The second-order valence-electron chi connectivity index (χ2n) is 3.25. The van der Waals surface area contributed by atoms with E-state index in [0.717, 1.165) is 5.56 Å². The van der Waals surface area contributed by atoms with Crippen LogP contribution in [0, 0.1) is 0 Å². The Bertz CT molecular complexity index is 365. The van der Waals surface area contributed by atoms with Crippen LogP contribution in [0.1, 0.15) is 18.6 Å². The van der Waals surface area contributed by atoms with E-state index < -0.39 is 12.1 Å². The molecule has 1 rings (SSSR count). The van der Waals surface area contributed by atoms with Crippen molar-refractivity contribution in [3.05, 3.63) is 60.7 Å². The first kappa shape index (κ1) is 11.2. The van der Waals surface area contributed by atoms with Crippen LogP contribution in [0.25, 0.3) is 0 Å². The summed E-state index contributed by atoms with van der Waals surface area (Å²) in [4.78, 5) is 11.3. The first-order chi connectivity index (χ1) is 7.15. The Balaban J connectivity index is 2.78. The van der Waals surface area contributed by atoms with Crippen molar-refractivity contribution >= 4 is 5.97 Å². The van der Waals surface area contributed by atoms with E-state index in [0.29, 0.717) is 5.57 Å². The van der Waals surface area contributed by atoms with Crippen molar-refractivity contribution in [3.63, 3.8) is 0 Å². The lowest BCUT2D eigenvalue weighted by atomic mass is 10.1. The van der Waals surface area contributed by atoms with E-state index in [4.69, 9.17) is 4.74 Å². The Labute approximate surface area is 89.9 Å². The van der Waals surface area contributed by atoms with Crippen LogP contribution in [0.4, 0.5) is 0 Å². The molecule has 0 aromatic heterocycles. The molecule has 0 bridgehead atoms. The molecule has 15 heavy (non-hydrogen) atoms. The van der Waals surface area contributed by atoms with Crippen LogP contribution in [0.15, 0.2) is 55.1 Å². The quantitative estimate of drug-likeness (QED) is 0.426. The number of ether oxygens (including phenoxy) is 1.